The summed E-state index contributed by atoms with van der Waals surface area (Å²) in [6, 6.07) is 9.49. The Bertz CT molecular complexity index is 1720. The van der Waals surface area contributed by atoms with Gasteiger partial charge >= 0.3 is 6.18 Å². The third-order valence-electron chi connectivity index (χ3n) is 6.12. The lowest BCUT2D eigenvalue weighted by atomic mass is 9.93. The van der Waals surface area contributed by atoms with Gasteiger partial charge in [0.1, 0.15) is 11.6 Å². The number of hydrogen-bond donors (Lipinski definition) is 3. The van der Waals surface area contributed by atoms with Crippen LogP contribution in [0.15, 0.2) is 71.7 Å². The number of alkyl halides is 3. The summed E-state index contributed by atoms with van der Waals surface area (Å²) in [7, 11) is 0. The second kappa shape index (κ2) is 9.66. The lowest BCUT2D eigenvalue weighted by molar-refractivity contribution is -0.137. The van der Waals surface area contributed by atoms with Crippen LogP contribution in [0, 0.1) is 11.6 Å². The van der Waals surface area contributed by atoms with Gasteiger partial charge in [-0.3, -0.25) is 14.4 Å². The lowest BCUT2D eigenvalue weighted by Gasteiger charge is -2.19. The summed E-state index contributed by atoms with van der Waals surface area (Å²) >= 11 is 6.27. The van der Waals surface area contributed by atoms with E-state index in [2.05, 4.69) is 15.6 Å². The molecule has 39 heavy (non-hydrogen) atoms. The minimum Gasteiger partial charge on any atom is -0.341 e. The number of benzene rings is 3. The molecule has 1 aromatic heterocycles. The predicted octanol–water partition coefficient (Wildman–Crippen LogP) is 6.08. The minimum absolute atomic E-state index is 0.00611. The van der Waals surface area contributed by atoms with Crippen LogP contribution < -0.4 is 16.2 Å². The van der Waals surface area contributed by atoms with Gasteiger partial charge < -0.3 is 15.6 Å². The van der Waals surface area contributed by atoms with Crippen molar-refractivity contribution in [3.05, 3.63) is 122 Å². The number of carbonyl (C=O) groups is 2. The Labute approximate surface area is 221 Å². The third kappa shape index (κ3) is 5.00. The van der Waals surface area contributed by atoms with E-state index in [0.29, 0.717) is 12.1 Å². The zero-order chi connectivity index (χ0) is 28.1. The largest absolute Gasteiger partial charge is 0.416 e. The Kier molecular flexibility index (Phi) is 6.47. The van der Waals surface area contributed by atoms with Crippen molar-refractivity contribution < 1.29 is 31.5 Å². The number of rotatable bonds is 4. The van der Waals surface area contributed by atoms with Gasteiger partial charge in [0, 0.05) is 44.7 Å². The first-order chi connectivity index (χ1) is 18.4. The van der Waals surface area contributed by atoms with E-state index in [9.17, 15) is 36.3 Å². The summed E-state index contributed by atoms with van der Waals surface area (Å²) in [6.07, 6.45) is -3.53. The number of fused-ring (bicyclic) bond motifs is 1. The highest BCUT2D eigenvalue weighted by Gasteiger charge is 2.36. The molecule has 3 aromatic carbocycles. The number of hydrogen-bond acceptors (Lipinski definition) is 3. The molecule has 2 heterocycles. The SMILES string of the molecule is O=C(Nc1cc(-c2ccc[nH]c2=O)cc2c1C(c1cc(F)ccc1Cl)NC2=O)c1cc(F)cc(C(F)(F)F)c1. The molecule has 0 radical (unpaired) electrons. The van der Waals surface area contributed by atoms with Gasteiger partial charge in [0.25, 0.3) is 17.4 Å². The van der Waals surface area contributed by atoms with Crippen molar-refractivity contribution >= 4 is 29.1 Å². The van der Waals surface area contributed by atoms with Gasteiger partial charge in [-0.2, -0.15) is 13.2 Å². The fourth-order valence-corrected chi connectivity index (χ4v) is 4.62. The zero-order valence-corrected chi connectivity index (χ0v) is 20.2. The highest BCUT2D eigenvalue weighted by molar-refractivity contribution is 6.31. The first-order valence-corrected chi connectivity index (χ1v) is 11.6. The molecule has 1 aliphatic rings. The Morgan fingerprint density at radius 3 is 2.41 bits per heavy atom. The maximum atomic E-state index is 14.1. The molecule has 5 rings (SSSR count). The number of pyridine rings is 1. The molecule has 0 saturated heterocycles. The van der Waals surface area contributed by atoms with Crippen molar-refractivity contribution in [2.45, 2.75) is 12.2 Å². The standard InChI is InChI=1S/C27H15ClF5N3O3/c28-20-4-3-15(29)11-18(20)23-22-19(26(39)36-23)8-12(17-2-1-5-34-25(17)38)9-21(22)35-24(37)13-6-14(27(31,32)33)10-16(30)7-13/h1-11,23H,(H,34,38)(H,35,37)(H,36,39). The van der Waals surface area contributed by atoms with Crippen molar-refractivity contribution in [1.82, 2.24) is 10.3 Å². The van der Waals surface area contributed by atoms with Crippen LogP contribution in [-0.4, -0.2) is 16.8 Å². The molecule has 3 N–H and O–H groups in total. The summed E-state index contributed by atoms with van der Waals surface area (Å²) in [5.41, 5.74) is -2.01. The average molecular weight is 560 g/mol. The number of aromatic nitrogens is 1. The summed E-state index contributed by atoms with van der Waals surface area (Å²) in [5, 5.41) is 5.18. The van der Waals surface area contributed by atoms with Gasteiger partial charge in [-0.15, -0.1) is 0 Å². The minimum atomic E-state index is -4.91. The lowest BCUT2D eigenvalue weighted by Crippen LogP contribution is -2.21. The van der Waals surface area contributed by atoms with E-state index in [1.54, 1.807) is 0 Å². The topological polar surface area (TPSA) is 91.1 Å². The maximum absolute atomic E-state index is 14.1. The second-order valence-electron chi connectivity index (χ2n) is 8.65. The van der Waals surface area contributed by atoms with Crippen LogP contribution in [0.5, 0.6) is 0 Å². The first kappa shape index (κ1) is 26.1. The Hall–Kier alpha value is -4.51. The number of carbonyl (C=O) groups excluding carboxylic acids is 2. The fraction of sp³-hybridized carbons (Fsp3) is 0.0741. The van der Waals surface area contributed by atoms with Crippen LogP contribution in [0.25, 0.3) is 11.1 Å². The van der Waals surface area contributed by atoms with Crippen molar-refractivity contribution in [2.24, 2.45) is 0 Å². The van der Waals surface area contributed by atoms with Gasteiger partial charge in [0.2, 0.25) is 0 Å². The molecular formula is C27H15ClF5N3O3. The van der Waals surface area contributed by atoms with Gasteiger partial charge in [-0.1, -0.05) is 11.6 Å². The molecule has 4 aromatic rings. The van der Waals surface area contributed by atoms with Crippen molar-refractivity contribution in [3.63, 3.8) is 0 Å². The summed E-state index contributed by atoms with van der Waals surface area (Å²) in [4.78, 5) is 41.0. The van der Waals surface area contributed by atoms with Crippen LogP contribution in [0.1, 0.15) is 43.4 Å². The average Bonchev–Trinajstić information content (AvgIpc) is 3.21. The van der Waals surface area contributed by atoms with Crippen LogP contribution in [-0.2, 0) is 6.18 Å². The maximum Gasteiger partial charge on any atom is 0.416 e. The Morgan fingerprint density at radius 2 is 1.69 bits per heavy atom. The fourth-order valence-electron chi connectivity index (χ4n) is 4.39. The number of H-pyrrole nitrogens is 1. The molecule has 6 nitrogen and oxygen atoms in total. The smallest absolute Gasteiger partial charge is 0.341 e. The van der Waals surface area contributed by atoms with E-state index >= 15 is 0 Å². The number of anilines is 1. The Balaban J connectivity index is 1.68. The highest BCUT2D eigenvalue weighted by Crippen LogP contribution is 2.41. The summed E-state index contributed by atoms with van der Waals surface area (Å²) < 4.78 is 67.8. The molecule has 198 valence electrons. The van der Waals surface area contributed by atoms with Crippen LogP contribution in [0.4, 0.5) is 27.6 Å². The van der Waals surface area contributed by atoms with Gasteiger partial charge in [0.05, 0.1) is 11.6 Å². The zero-order valence-electron chi connectivity index (χ0n) is 19.4. The highest BCUT2D eigenvalue weighted by atomic mass is 35.5. The van der Waals surface area contributed by atoms with Gasteiger partial charge in [-0.05, 0) is 66.2 Å². The monoisotopic (exact) mass is 559 g/mol. The summed E-state index contributed by atoms with van der Waals surface area (Å²) in [5.74, 6) is -3.70. The molecule has 0 fully saturated rings. The van der Waals surface area contributed by atoms with E-state index in [1.165, 1.54) is 36.5 Å². The van der Waals surface area contributed by atoms with Crippen LogP contribution >= 0.6 is 11.6 Å². The molecule has 12 heteroatoms. The molecule has 1 unspecified atom stereocenters. The molecule has 1 atom stereocenters. The van der Waals surface area contributed by atoms with E-state index in [1.807, 2.05) is 0 Å². The summed E-state index contributed by atoms with van der Waals surface area (Å²) in [6.45, 7) is 0. The van der Waals surface area contributed by atoms with E-state index in [-0.39, 0.29) is 44.6 Å². The van der Waals surface area contributed by atoms with E-state index in [4.69, 9.17) is 11.6 Å². The van der Waals surface area contributed by atoms with E-state index < -0.39 is 52.4 Å². The number of halogens is 6. The van der Waals surface area contributed by atoms with Gasteiger partial charge in [0.15, 0.2) is 0 Å². The number of amides is 2. The quantitative estimate of drug-likeness (QED) is 0.265. The normalized spacial score (nSPS) is 14.6. The molecule has 0 bridgehead atoms. The van der Waals surface area contributed by atoms with Crippen molar-refractivity contribution in [1.29, 1.82) is 0 Å². The Morgan fingerprint density at radius 1 is 0.923 bits per heavy atom. The van der Waals surface area contributed by atoms with Gasteiger partial charge in [-0.25, -0.2) is 8.78 Å². The predicted molar refractivity (Wildman–Crippen MR) is 133 cm³/mol. The van der Waals surface area contributed by atoms with Crippen molar-refractivity contribution in [3.8, 4) is 11.1 Å². The molecule has 0 saturated carbocycles. The molecule has 2 amide bonds. The van der Waals surface area contributed by atoms with E-state index in [0.717, 1.165) is 12.1 Å². The molecule has 1 aliphatic heterocycles. The van der Waals surface area contributed by atoms with Crippen LogP contribution in [0.3, 0.4) is 0 Å². The number of nitrogens with one attached hydrogen (secondary N) is 3. The first-order valence-electron chi connectivity index (χ1n) is 11.2. The number of aromatic amines is 1. The molecular weight excluding hydrogens is 545 g/mol. The third-order valence-corrected chi connectivity index (χ3v) is 6.47. The molecule has 0 aliphatic carbocycles. The molecule has 0 spiro atoms. The van der Waals surface area contributed by atoms with Crippen LogP contribution in [0.2, 0.25) is 5.02 Å². The second-order valence-corrected chi connectivity index (χ2v) is 9.06. The van der Waals surface area contributed by atoms with Crippen molar-refractivity contribution in [2.75, 3.05) is 5.32 Å².